The SMILES string of the molecule is Cc1nn(-c2ccc(C(N)=O)c(N[C@H]3CCN(C(=O)CNCC(C)C)C3)c2)c2c1C(=O)N(CC1CC1)C(C)(C)C2. The lowest BCUT2D eigenvalue weighted by atomic mass is 9.87. The molecular weight excluding hydrogens is 506 g/mol. The van der Waals surface area contributed by atoms with Crippen LogP contribution in [-0.2, 0) is 11.2 Å². The van der Waals surface area contributed by atoms with E-state index in [4.69, 9.17) is 10.8 Å². The summed E-state index contributed by atoms with van der Waals surface area (Å²) in [6, 6.07) is 5.42. The highest BCUT2D eigenvalue weighted by atomic mass is 16.2. The summed E-state index contributed by atoms with van der Waals surface area (Å²) in [7, 11) is 0. The first-order chi connectivity index (χ1) is 18.9. The van der Waals surface area contributed by atoms with Gasteiger partial charge in [0.05, 0.1) is 34.7 Å². The van der Waals surface area contributed by atoms with Gasteiger partial charge in [-0.2, -0.15) is 5.10 Å². The van der Waals surface area contributed by atoms with Gasteiger partial charge >= 0.3 is 0 Å². The first-order valence-electron chi connectivity index (χ1n) is 14.5. The number of benzene rings is 1. The van der Waals surface area contributed by atoms with Crippen molar-refractivity contribution in [3.63, 3.8) is 0 Å². The minimum atomic E-state index is -0.524. The Labute approximate surface area is 236 Å². The molecule has 0 radical (unpaired) electrons. The monoisotopic (exact) mass is 549 g/mol. The lowest BCUT2D eigenvalue weighted by Crippen LogP contribution is -2.53. The number of primary amides is 1. The Bertz CT molecular complexity index is 1310. The molecule has 2 fully saturated rings. The highest BCUT2D eigenvalue weighted by Gasteiger charge is 2.43. The van der Waals surface area contributed by atoms with Crippen LogP contribution in [0, 0.1) is 18.8 Å². The van der Waals surface area contributed by atoms with E-state index in [2.05, 4.69) is 38.3 Å². The number of hydrogen-bond acceptors (Lipinski definition) is 6. The molecule has 5 rings (SSSR count). The van der Waals surface area contributed by atoms with Crippen LogP contribution in [0.3, 0.4) is 0 Å². The van der Waals surface area contributed by atoms with Gasteiger partial charge in [0, 0.05) is 43.3 Å². The summed E-state index contributed by atoms with van der Waals surface area (Å²) in [5, 5.41) is 11.5. The van der Waals surface area contributed by atoms with Gasteiger partial charge in [0.2, 0.25) is 5.91 Å². The van der Waals surface area contributed by atoms with Crippen molar-refractivity contribution < 1.29 is 14.4 Å². The van der Waals surface area contributed by atoms with E-state index in [1.165, 1.54) is 12.8 Å². The number of nitrogens with one attached hydrogen (secondary N) is 2. The Balaban J connectivity index is 1.37. The van der Waals surface area contributed by atoms with E-state index in [1.807, 2.05) is 33.5 Å². The molecule has 2 aromatic rings. The quantitative estimate of drug-likeness (QED) is 0.419. The van der Waals surface area contributed by atoms with E-state index in [9.17, 15) is 14.4 Å². The van der Waals surface area contributed by atoms with Crippen molar-refractivity contribution in [3.05, 3.63) is 40.7 Å². The standard InChI is InChI=1S/C30H43N7O3/c1-18(2)14-32-15-26(38)35-11-10-21(17-35)33-24-12-22(8-9-23(24)28(31)39)37-25-13-30(4,5)36(16-20-6-7-20)29(40)27(25)19(3)34-37/h8-9,12,18,20-21,32-33H,6-7,10-11,13-17H2,1-5H3,(H2,31,39)/t21-/m0/s1. The number of anilines is 1. The zero-order valence-corrected chi connectivity index (χ0v) is 24.4. The topological polar surface area (TPSA) is 126 Å². The molecule has 10 nitrogen and oxygen atoms in total. The van der Waals surface area contributed by atoms with Crippen molar-refractivity contribution in [1.29, 1.82) is 0 Å². The maximum absolute atomic E-state index is 13.6. The van der Waals surface area contributed by atoms with Gasteiger partial charge in [0.15, 0.2) is 0 Å². The molecule has 3 aliphatic rings. The summed E-state index contributed by atoms with van der Waals surface area (Å²) in [5.41, 5.74) is 9.46. The van der Waals surface area contributed by atoms with Gasteiger partial charge in [-0.25, -0.2) is 4.68 Å². The summed E-state index contributed by atoms with van der Waals surface area (Å²) >= 11 is 0. The molecule has 1 saturated carbocycles. The van der Waals surface area contributed by atoms with Crippen LogP contribution in [0.15, 0.2) is 18.2 Å². The average molecular weight is 550 g/mol. The summed E-state index contributed by atoms with van der Waals surface area (Å²) in [6.07, 6.45) is 3.84. The predicted octanol–water partition coefficient (Wildman–Crippen LogP) is 2.72. The Morgan fingerprint density at radius 3 is 2.62 bits per heavy atom. The molecule has 1 aromatic heterocycles. The van der Waals surface area contributed by atoms with E-state index >= 15 is 0 Å². The highest BCUT2D eigenvalue weighted by molar-refractivity contribution is 6.00. The number of carbonyl (C=O) groups is 3. The van der Waals surface area contributed by atoms with Crippen LogP contribution in [0.2, 0.25) is 0 Å². The molecule has 3 amide bonds. The second kappa shape index (κ2) is 10.9. The minimum Gasteiger partial charge on any atom is -0.380 e. The number of likely N-dealkylation sites (tertiary alicyclic amines) is 1. The molecule has 0 unspecified atom stereocenters. The van der Waals surface area contributed by atoms with E-state index in [1.54, 1.807) is 6.07 Å². The van der Waals surface area contributed by atoms with Gasteiger partial charge in [-0.15, -0.1) is 0 Å². The maximum Gasteiger partial charge on any atom is 0.258 e. The Hall–Kier alpha value is -3.40. The van der Waals surface area contributed by atoms with Crippen LogP contribution >= 0.6 is 0 Å². The normalized spacial score (nSPS) is 20.2. The van der Waals surface area contributed by atoms with Gasteiger partial charge in [-0.1, -0.05) is 13.8 Å². The zero-order chi connectivity index (χ0) is 28.8. The van der Waals surface area contributed by atoms with Gasteiger partial charge in [0.25, 0.3) is 11.8 Å². The number of aromatic nitrogens is 2. The van der Waals surface area contributed by atoms with Crippen LogP contribution in [-0.4, -0.2) is 81.6 Å². The van der Waals surface area contributed by atoms with Crippen LogP contribution in [0.5, 0.6) is 0 Å². The summed E-state index contributed by atoms with van der Waals surface area (Å²) in [5.74, 6) is 0.690. The van der Waals surface area contributed by atoms with E-state index in [0.717, 1.165) is 30.9 Å². The number of fused-ring (bicyclic) bond motifs is 1. The highest BCUT2D eigenvalue weighted by Crippen LogP contribution is 2.38. The van der Waals surface area contributed by atoms with E-state index < -0.39 is 5.91 Å². The number of nitrogens with two attached hydrogens (primary N) is 1. The van der Waals surface area contributed by atoms with Gasteiger partial charge in [0.1, 0.15) is 0 Å². The van der Waals surface area contributed by atoms with Gasteiger partial charge in [-0.3, -0.25) is 14.4 Å². The molecule has 10 heteroatoms. The molecule has 0 bridgehead atoms. The molecule has 1 atom stereocenters. The number of rotatable bonds is 10. The third kappa shape index (κ3) is 5.73. The van der Waals surface area contributed by atoms with Crippen molar-refractivity contribution in [2.75, 3.05) is 38.0 Å². The van der Waals surface area contributed by atoms with Crippen molar-refractivity contribution in [2.45, 2.75) is 71.9 Å². The number of aryl methyl sites for hydroxylation is 1. The third-order valence-corrected chi connectivity index (χ3v) is 8.33. The van der Waals surface area contributed by atoms with Crippen LogP contribution < -0.4 is 16.4 Å². The largest absolute Gasteiger partial charge is 0.380 e. The molecule has 1 aromatic carbocycles. The van der Waals surface area contributed by atoms with E-state index in [-0.39, 0.29) is 23.4 Å². The first-order valence-corrected chi connectivity index (χ1v) is 14.5. The number of amides is 3. The van der Waals surface area contributed by atoms with Crippen molar-refractivity contribution in [3.8, 4) is 5.69 Å². The number of hydrogen-bond donors (Lipinski definition) is 3. The lowest BCUT2D eigenvalue weighted by Gasteiger charge is -2.42. The molecule has 216 valence electrons. The van der Waals surface area contributed by atoms with Crippen LogP contribution in [0.25, 0.3) is 5.69 Å². The van der Waals surface area contributed by atoms with Crippen LogP contribution in [0.4, 0.5) is 5.69 Å². The van der Waals surface area contributed by atoms with Gasteiger partial charge in [-0.05, 0) is 76.6 Å². The second-order valence-electron chi connectivity index (χ2n) is 12.8. The molecule has 1 saturated heterocycles. The summed E-state index contributed by atoms with van der Waals surface area (Å²) in [6.45, 7) is 13.5. The Kier molecular flexibility index (Phi) is 7.65. The van der Waals surface area contributed by atoms with Gasteiger partial charge < -0.3 is 26.2 Å². The number of nitrogens with zero attached hydrogens (tertiary/aromatic N) is 4. The molecular formula is C30H43N7O3. The minimum absolute atomic E-state index is 0.00725. The Morgan fingerprint density at radius 2 is 1.95 bits per heavy atom. The fourth-order valence-corrected chi connectivity index (χ4v) is 5.94. The average Bonchev–Trinajstić information content (AvgIpc) is 3.48. The second-order valence-corrected chi connectivity index (χ2v) is 12.8. The fourth-order valence-electron chi connectivity index (χ4n) is 5.94. The fraction of sp³-hybridized carbons (Fsp3) is 0.600. The molecule has 1 aliphatic carbocycles. The molecule has 40 heavy (non-hydrogen) atoms. The predicted molar refractivity (Wildman–Crippen MR) is 155 cm³/mol. The maximum atomic E-state index is 13.6. The number of carbonyl (C=O) groups excluding carboxylic acids is 3. The zero-order valence-electron chi connectivity index (χ0n) is 24.4. The smallest absolute Gasteiger partial charge is 0.258 e. The summed E-state index contributed by atoms with van der Waals surface area (Å²) < 4.78 is 1.85. The lowest BCUT2D eigenvalue weighted by molar-refractivity contribution is -0.129. The van der Waals surface area contributed by atoms with Crippen molar-refractivity contribution in [1.82, 2.24) is 24.9 Å². The third-order valence-electron chi connectivity index (χ3n) is 8.33. The summed E-state index contributed by atoms with van der Waals surface area (Å²) in [4.78, 5) is 42.5. The van der Waals surface area contributed by atoms with Crippen molar-refractivity contribution >= 4 is 23.4 Å². The van der Waals surface area contributed by atoms with E-state index in [0.29, 0.717) is 60.4 Å². The molecule has 2 aliphatic heterocycles. The van der Waals surface area contributed by atoms with Crippen LogP contribution in [0.1, 0.15) is 79.1 Å². The first kappa shape index (κ1) is 28.1. The molecule has 0 spiro atoms. The van der Waals surface area contributed by atoms with Crippen molar-refractivity contribution in [2.24, 2.45) is 17.6 Å². The molecule has 4 N–H and O–H groups in total. The molecule has 3 heterocycles. The Morgan fingerprint density at radius 1 is 1.20 bits per heavy atom.